The molecule has 0 N–H and O–H groups in total. The van der Waals surface area contributed by atoms with Crippen molar-refractivity contribution in [1.29, 1.82) is 0 Å². The molecule has 1 aromatic heterocycles. The third-order valence-electron chi connectivity index (χ3n) is 4.16. The van der Waals surface area contributed by atoms with E-state index in [0.717, 1.165) is 17.6 Å². The Morgan fingerprint density at radius 3 is 2.76 bits per heavy atom. The molecule has 2 heterocycles. The first-order chi connectivity index (χ1) is 10.4. The van der Waals surface area contributed by atoms with Gasteiger partial charge in [0.05, 0.1) is 11.2 Å². The summed E-state index contributed by atoms with van der Waals surface area (Å²) in [7, 11) is 2.22. The van der Waals surface area contributed by atoms with Crippen LogP contribution in [-0.4, -0.2) is 12.3 Å². The topological polar surface area (TPSA) is 12.9 Å². The van der Waals surface area contributed by atoms with Gasteiger partial charge in [-0.3, -0.25) is 0 Å². The molecule has 2 aromatic carbocycles. The number of fused-ring (bicyclic) bond motifs is 2. The minimum Gasteiger partial charge on any atom is -0.248 e. The average Bonchev–Trinajstić information content (AvgIpc) is 2.98. The van der Waals surface area contributed by atoms with E-state index < -0.39 is 0 Å². The Balaban J connectivity index is 1.85. The maximum atomic E-state index is 4.82. The van der Waals surface area contributed by atoms with E-state index in [-0.39, 0.29) is 0 Å². The summed E-state index contributed by atoms with van der Waals surface area (Å²) in [6.07, 6.45) is 1.06. The average molecular weight is 268 g/mol. The monoisotopic (exact) mass is 268 g/mol. The number of hydrogen-bond donors (Lipinski definition) is 0. The highest BCUT2D eigenvalue weighted by molar-refractivity contribution is 6.64. The van der Waals surface area contributed by atoms with E-state index in [1.165, 1.54) is 27.5 Å². The highest BCUT2D eigenvalue weighted by Gasteiger charge is 2.19. The van der Waals surface area contributed by atoms with E-state index in [9.17, 15) is 0 Å². The lowest BCUT2D eigenvalue weighted by Gasteiger charge is -2.10. The van der Waals surface area contributed by atoms with Crippen molar-refractivity contribution in [3.63, 3.8) is 0 Å². The van der Waals surface area contributed by atoms with Crippen LogP contribution in [0.1, 0.15) is 23.7 Å². The van der Waals surface area contributed by atoms with Gasteiger partial charge >= 0.3 is 0 Å². The molecular weight excluding hydrogens is 253 g/mol. The molecule has 2 heteroatoms. The second kappa shape index (κ2) is 4.89. The van der Waals surface area contributed by atoms with Gasteiger partial charge in [0.2, 0.25) is 0 Å². The summed E-state index contributed by atoms with van der Waals surface area (Å²) in [6, 6.07) is 19.1. The number of para-hydroxylation sites is 1. The summed E-state index contributed by atoms with van der Waals surface area (Å²) in [5.74, 6) is 2.20. The third-order valence-corrected chi connectivity index (χ3v) is 4.16. The molecule has 0 saturated heterocycles. The predicted molar refractivity (Wildman–Crippen MR) is 90.0 cm³/mol. The largest absolute Gasteiger partial charge is 0.248 e. The van der Waals surface area contributed by atoms with Gasteiger partial charge < -0.3 is 0 Å². The lowest BCUT2D eigenvalue weighted by atomic mass is 9.70. The van der Waals surface area contributed by atoms with Gasteiger partial charge in [0, 0.05) is 5.39 Å². The van der Waals surface area contributed by atoms with Crippen LogP contribution in [0.4, 0.5) is 0 Å². The van der Waals surface area contributed by atoms with Crippen LogP contribution >= 0.6 is 0 Å². The fourth-order valence-electron chi connectivity index (χ4n) is 3.05. The third kappa shape index (κ3) is 1.99. The lowest BCUT2D eigenvalue weighted by Crippen LogP contribution is -2.17. The molecule has 0 spiro atoms. The number of rotatable bonds is 2. The number of nitrogens with zero attached hydrogens (tertiary/aromatic N) is 1. The first-order valence-corrected chi connectivity index (χ1v) is 7.40. The molecule has 1 radical (unpaired) electrons. The Morgan fingerprint density at radius 1 is 0.952 bits per heavy atom. The van der Waals surface area contributed by atoms with E-state index in [1.807, 2.05) is 6.07 Å². The van der Waals surface area contributed by atoms with Gasteiger partial charge in [0.25, 0.3) is 0 Å². The zero-order valence-corrected chi connectivity index (χ0v) is 12.0. The van der Waals surface area contributed by atoms with Gasteiger partial charge in [-0.15, -0.1) is 5.98 Å². The molecule has 21 heavy (non-hydrogen) atoms. The Hall–Kier alpha value is -2.35. The van der Waals surface area contributed by atoms with Gasteiger partial charge in [-0.25, -0.2) is 4.98 Å². The van der Waals surface area contributed by atoms with Crippen LogP contribution in [0.3, 0.4) is 0 Å². The van der Waals surface area contributed by atoms with Gasteiger partial charge in [-0.2, -0.15) is 0 Å². The summed E-state index contributed by atoms with van der Waals surface area (Å²) in [5.41, 5.74) is 7.39. The molecule has 1 aliphatic heterocycles. The highest BCUT2D eigenvalue weighted by Crippen LogP contribution is 2.26. The van der Waals surface area contributed by atoms with E-state index >= 15 is 0 Å². The number of pyridine rings is 1. The van der Waals surface area contributed by atoms with Crippen molar-refractivity contribution in [2.45, 2.75) is 13.3 Å². The quantitative estimate of drug-likeness (QED) is 0.648. The second-order valence-electron chi connectivity index (χ2n) is 5.37. The number of benzene rings is 2. The minimum atomic E-state index is 1.05. The number of aryl methyl sites for hydroxylation is 1. The first-order valence-electron chi connectivity index (χ1n) is 7.40. The van der Waals surface area contributed by atoms with Crippen LogP contribution < -0.4 is 5.46 Å². The normalized spacial score (nSPS) is 12.9. The van der Waals surface area contributed by atoms with E-state index in [1.54, 1.807) is 0 Å². The molecule has 4 rings (SSSR count). The number of aromatic nitrogens is 1. The highest BCUT2D eigenvalue weighted by atomic mass is 14.7. The maximum absolute atomic E-state index is 4.82. The molecule has 3 aromatic rings. The molecule has 0 amide bonds. The molecule has 1 aliphatic rings. The fraction of sp³-hybridized carbons (Fsp3) is 0.105. The summed E-state index contributed by atoms with van der Waals surface area (Å²) >= 11 is 0. The van der Waals surface area contributed by atoms with Crippen LogP contribution in [0.2, 0.25) is 0 Å². The Kier molecular flexibility index (Phi) is 2.89. The van der Waals surface area contributed by atoms with Crippen molar-refractivity contribution in [1.82, 2.24) is 4.98 Å². The summed E-state index contributed by atoms with van der Waals surface area (Å²) < 4.78 is 0. The molecule has 1 nitrogen and oxygen atoms in total. The van der Waals surface area contributed by atoms with E-state index in [2.05, 4.69) is 68.7 Å². The molecule has 99 valence electrons. The molecule has 0 bridgehead atoms. The smallest absolute Gasteiger partial charge is 0.183 e. The molecule has 0 unspecified atom stereocenters. The minimum absolute atomic E-state index is 1.05. The lowest BCUT2D eigenvalue weighted by molar-refractivity contribution is 1.15. The molecular formula is C19H15BN. The van der Waals surface area contributed by atoms with Crippen LogP contribution in [0.15, 0.2) is 60.6 Å². The zero-order chi connectivity index (χ0) is 14.2. The van der Waals surface area contributed by atoms with Gasteiger partial charge in [-0.1, -0.05) is 60.4 Å². The second-order valence-corrected chi connectivity index (χ2v) is 5.37. The van der Waals surface area contributed by atoms with Crippen molar-refractivity contribution in [2.75, 3.05) is 0 Å². The summed E-state index contributed by atoms with van der Waals surface area (Å²) in [4.78, 5) is 4.82. The number of hydrogen-bond acceptors (Lipinski definition) is 1. The van der Waals surface area contributed by atoms with Crippen LogP contribution in [0.5, 0.6) is 0 Å². The van der Waals surface area contributed by atoms with E-state index in [0.29, 0.717) is 0 Å². The zero-order valence-electron chi connectivity index (χ0n) is 12.0. The molecule has 0 atom stereocenters. The molecule has 0 aliphatic carbocycles. The Morgan fingerprint density at radius 2 is 1.86 bits per heavy atom. The van der Waals surface area contributed by atoms with Crippen LogP contribution in [0, 0.1) is 0 Å². The Bertz CT molecular complexity index is 864. The van der Waals surface area contributed by atoms with Crippen molar-refractivity contribution >= 4 is 29.2 Å². The summed E-state index contributed by atoms with van der Waals surface area (Å²) in [5, 5.41) is 1.19. The standard InChI is InChI=1S/C19H15BN/c1-2-13-7-5-8-15-16(12-20-19(13)15)18-11-10-14-6-3-4-9-17(14)21-18/h3-12H,2H2,1H3. The SMILES string of the molecule is CCc1cccc2c1[B]C=C2c1ccc2ccccc2n1. The maximum Gasteiger partial charge on any atom is 0.183 e. The summed E-state index contributed by atoms with van der Waals surface area (Å²) in [6.45, 7) is 2.20. The van der Waals surface area contributed by atoms with Crippen molar-refractivity contribution in [2.24, 2.45) is 0 Å². The van der Waals surface area contributed by atoms with Gasteiger partial charge in [-0.05, 0) is 29.7 Å². The Labute approximate surface area is 125 Å². The van der Waals surface area contributed by atoms with Gasteiger partial charge in [0.15, 0.2) is 7.28 Å². The van der Waals surface area contributed by atoms with E-state index in [4.69, 9.17) is 4.98 Å². The molecule has 0 saturated carbocycles. The van der Waals surface area contributed by atoms with Crippen molar-refractivity contribution in [3.8, 4) is 0 Å². The molecule has 0 fully saturated rings. The van der Waals surface area contributed by atoms with Crippen molar-refractivity contribution < 1.29 is 0 Å². The fourth-order valence-corrected chi connectivity index (χ4v) is 3.05. The van der Waals surface area contributed by atoms with Crippen LogP contribution in [0.25, 0.3) is 16.5 Å². The van der Waals surface area contributed by atoms with Crippen LogP contribution in [-0.2, 0) is 6.42 Å². The van der Waals surface area contributed by atoms with Crippen molar-refractivity contribution in [3.05, 3.63) is 77.4 Å². The predicted octanol–water partition coefficient (Wildman–Crippen LogP) is 3.53. The van der Waals surface area contributed by atoms with Gasteiger partial charge in [0.1, 0.15) is 0 Å². The first kappa shape index (κ1) is 12.4.